The molecule has 9 rings (SSSR count). The van der Waals surface area contributed by atoms with E-state index < -0.39 is 32.1 Å². The molecule has 0 radical (unpaired) electrons. The van der Waals surface area contributed by atoms with Gasteiger partial charge in [-0.05, 0) is 146 Å². The van der Waals surface area contributed by atoms with Gasteiger partial charge in [-0.25, -0.2) is 0 Å². The van der Waals surface area contributed by atoms with Crippen molar-refractivity contribution < 1.29 is 51.1 Å². The number of aliphatic hydroxyl groups excluding tert-OH is 1. The topological polar surface area (TPSA) is 190 Å². The fourth-order valence-corrected chi connectivity index (χ4v) is 14.2. The molecule has 0 saturated heterocycles. The molecule has 4 aliphatic heterocycles. The number of para-hydroxylation sites is 2. The van der Waals surface area contributed by atoms with Crippen LogP contribution in [0.1, 0.15) is 92.8 Å². The van der Waals surface area contributed by atoms with Crippen molar-refractivity contribution in [2.24, 2.45) is 0 Å². The second-order valence-corrected chi connectivity index (χ2v) is 24.5. The number of nitrogens with one attached hydrogen (secondary N) is 2. The highest BCUT2D eigenvalue weighted by molar-refractivity contribution is 8.77. The van der Waals surface area contributed by atoms with Gasteiger partial charge in [-0.2, -0.15) is 8.42 Å². The molecule has 3 N–H and O–H groups in total. The van der Waals surface area contributed by atoms with Crippen LogP contribution < -0.4 is 34.6 Å². The number of aryl methyl sites for hydroxylation is 2. The molecule has 18 heteroatoms. The Morgan fingerprint density at radius 3 is 2.11 bits per heavy atom. The van der Waals surface area contributed by atoms with Gasteiger partial charge >= 0.3 is 0 Å². The van der Waals surface area contributed by atoms with Gasteiger partial charge in [0.15, 0.2) is 16.7 Å². The lowest BCUT2D eigenvalue weighted by molar-refractivity contribution is -0.120. The second-order valence-electron chi connectivity index (χ2n) is 19.5. The Kier molecular flexibility index (Phi) is 15.2. The average molecular weight is 1050 g/mol. The molecule has 4 amide bonds. The molecule has 73 heavy (non-hydrogen) atoms. The number of ether oxygens (including phenoxy) is 3. The van der Waals surface area contributed by atoms with E-state index in [1.54, 1.807) is 18.1 Å². The molecule has 15 nitrogen and oxygen atoms in total. The van der Waals surface area contributed by atoms with Crippen molar-refractivity contribution >= 4 is 72.4 Å². The Labute approximate surface area is 434 Å². The largest absolute Gasteiger partial charge is 0.493 e. The smallest absolute Gasteiger partial charge is 0.279 e. The molecule has 5 aromatic rings. The van der Waals surface area contributed by atoms with Crippen LogP contribution in [0.15, 0.2) is 91.0 Å². The van der Waals surface area contributed by atoms with E-state index in [2.05, 4.69) is 20.9 Å². The van der Waals surface area contributed by atoms with Crippen LogP contribution in [-0.4, -0.2) is 92.4 Å². The summed E-state index contributed by atoms with van der Waals surface area (Å²) in [7, 11) is 2.64. The lowest BCUT2D eigenvalue weighted by Gasteiger charge is -2.26. The molecule has 384 valence electrons. The summed E-state index contributed by atoms with van der Waals surface area (Å²) in [4.78, 5) is 58.1. The van der Waals surface area contributed by atoms with Crippen LogP contribution in [0.25, 0.3) is 0 Å². The number of methoxy groups -OCH3 is 1. The second kappa shape index (κ2) is 21.4. The van der Waals surface area contributed by atoms with Gasteiger partial charge in [-0.15, -0.1) is 0 Å². The molecule has 0 saturated carbocycles. The molecule has 0 fully saturated rings. The van der Waals surface area contributed by atoms with Crippen molar-refractivity contribution in [3.8, 4) is 17.2 Å². The SMILES string of the molecule is CNC(=O)C(CCSSC(C)(C)CC(=O)Nc1cc(COc2cc3c(cc2C)C(=O)N2c4ccccc4C[C@H]2C(O)C3)cc(COc2cc3c(cc2OC)C(=O)N2c4ccccc4C[C@H]2CC3)c1)S(=O)(=O)OC. The van der Waals surface area contributed by atoms with E-state index in [9.17, 15) is 32.7 Å². The Balaban J connectivity index is 0.936. The molecule has 0 spiro atoms. The Morgan fingerprint density at radius 1 is 0.795 bits per heavy atom. The van der Waals surface area contributed by atoms with E-state index in [0.717, 1.165) is 59.1 Å². The van der Waals surface area contributed by atoms with Crippen LogP contribution in [0.4, 0.5) is 17.1 Å². The third kappa shape index (κ3) is 10.9. The average Bonchev–Trinajstić information content (AvgIpc) is 3.89. The lowest BCUT2D eigenvalue weighted by atomic mass is 9.96. The zero-order valence-corrected chi connectivity index (χ0v) is 44.1. The zero-order valence-electron chi connectivity index (χ0n) is 41.7. The van der Waals surface area contributed by atoms with Crippen LogP contribution in [0.5, 0.6) is 17.2 Å². The van der Waals surface area contributed by atoms with Gasteiger partial charge in [-0.3, -0.25) is 23.4 Å². The number of fused-ring (bicyclic) bond motifs is 8. The van der Waals surface area contributed by atoms with Crippen molar-refractivity contribution in [3.63, 3.8) is 0 Å². The summed E-state index contributed by atoms with van der Waals surface area (Å²) in [6.45, 7) is 5.89. The maximum Gasteiger partial charge on any atom is 0.279 e. The number of hydrogen-bond donors (Lipinski definition) is 3. The molecule has 4 heterocycles. The molecule has 2 unspecified atom stereocenters. The van der Waals surface area contributed by atoms with E-state index in [1.807, 2.05) is 105 Å². The number of rotatable bonds is 18. The first-order valence-corrected chi connectivity index (χ1v) is 28.1. The minimum Gasteiger partial charge on any atom is -0.493 e. The summed E-state index contributed by atoms with van der Waals surface area (Å²) < 4.78 is 47.7. The van der Waals surface area contributed by atoms with Gasteiger partial charge in [0.05, 0.1) is 26.4 Å². The van der Waals surface area contributed by atoms with Crippen molar-refractivity contribution in [2.45, 2.75) is 107 Å². The molecule has 4 atom stereocenters. The van der Waals surface area contributed by atoms with E-state index in [-0.39, 0.29) is 62.3 Å². The highest BCUT2D eigenvalue weighted by Gasteiger charge is 2.42. The van der Waals surface area contributed by atoms with Crippen LogP contribution >= 0.6 is 21.6 Å². The maximum atomic E-state index is 14.2. The minimum atomic E-state index is -4.09. The highest BCUT2D eigenvalue weighted by atomic mass is 33.1. The predicted molar refractivity (Wildman–Crippen MR) is 285 cm³/mol. The van der Waals surface area contributed by atoms with Crippen molar-refractivity contribution in [3.05, 3.63) is 141 Å². The summed E-state index contributed by atoms with van der Waals surface area (Å²) in [5.74, 6) is 0.630. The highest BCUT2D eigenvalue weighted by Crippen LogP contribution is 2.43. The fourth-order valence-electron chi connectivity index (χ4n) is 10.4. The number of carbonyl (C=O) groups is 4. The molecular formula is C55H60N4O11S3. The number of anilines is 3. The van der Waals surface area contributed by atoms with Gasteiger partial charge in [0.1, 0.15) is 19.0 Å². The third-order valence-corrected chi connectivity index (χ3v) is 18.9. The standard InChI is InChI=1S/C55H60N4O11S3/c1-32-19-41-38(25-46(60)45-24-37-12-8-10-14-44(37)59(45)54(41)64)27-47(32)69-30-33-20-34(22-39(21-33)57-51(61)29-55(2,3)72-71-18-17-50(52(62)56-4)73(65,66)68-6)31-70-49-26-35-15-16-40-23-36-11-7-9-13-43(36)58(40)53(63)42(35)28-48(49)67-5/h7-14,19-22,26-28,40,45-46,50,60H,15-18,23-25,29-31H2,1-6H3,(H,56,62)(H,57,61)/t40-,45+,46?,50?/m1/s1. The monoisotopic (exact) mass is 1050 g/mol. The van der Waals surface area contributed by atoms with Crippen molar-refractivity contribution in [2.75, 3.05) is 42.1 Å². The molecular weight excluding hydrogens is 989 g/mol. The normalized spacial score (nSPS) is 18.3. The van der Waals surface area contributed by atoms with Crippen LogP contribution in [0, 0.1) is 6.92 Å². The number of hydrogen-bond acceptors (Lipinski definition) is 13. The third-order valence-electron chi connectivity index (χ3n) is 14.0. The number of amides is 4. The summed E-state index contributed by atoms with van der Waals surface area (Å²) in [5, 5.41) is 15.6. The van der Waals surface area contributed by atoms with Gasteiger partial charge in [0, 0.05) is 64.6 Å². The minimum absolute atomic E-state index is 0.0260. The number of nitrogens with zero attached hydrogens (tertiary/aromatic N) is 2. The quantitative estimate of drug-likeness (QED) is 0.0434. The summed E-state index contributed by atoms with van der Waals surface area (Å²) in [6, 6.07) is 28.5. The van der Waals surface area contributed by atoms with Crippen LogP contribution in [0.2, 0.25) is 0 Å². The molecule has 4 aliphatic rings. The zero-order chi connectivity index (χ0) is 51.8. The van der Waals surface area contributed by atoms with Gasteiger partial charge in [0.25, 0.3) is 21.9 Å². The van der Waals surface area contributed by atoms with Gasteiger partial charge in [0.2, 0.25) is 11.8 Å². The molecule has 0 bridgehead atoms. The van der Waals surface area contributed by atoms with E-state index in [1.165, 1.54) is 34.2 Å². The van der Waals surface area contributed by atoms with Crippen molar-refractivity contribution in [1.29, 1.82) is 0 Å². The fraction of sp³-hybridized carbons (Fsp3) is 0.382. The van der Waals surface area contributed by atoms with Gasteiger partial charge in [-0.1, -0.05) is 58.0 Å². The molecule has 0 aliphatic carbocycles. The summed E-state index contributed by atoms with van der Waals surface area (Å²) >= 11 is 0. The Morgan fingerprint density at radius 2 is 1.42 bits per heavy atom. The maximum absolute atomic E-state index is 14.2. The molecule has 0 aromatic heterocycles. The first kappa shape index (κ1) is 51.8. The van der Waals surface area contributed by atoms with Gasteiger partial charge < -0.3 is 39.8 Å². The van der Waals surface area contributed by atoms with Crippen molar-refractivity contribution in [1.82, 2.24) is 5.32 Å². The number of benzene rings is 5. The van der Waals surface area contributed by atoms with Crippen LogP contribution in [0.3, 0.4) is 0 Å². The number of aliphatic hydroxyl groups is 1. The van der Waals surface area contributed by atoms with Crippen LogP contribution in [-0.2, 0) is 62.8 Å². The predicted octanol–water partition coefficient (Wildman–Crippen LogP) is 8.14. The van der Waals surface area contributed by atoms with E-state index in [0.29, 0.717) is 58.2 Å². The Hall–Kier alpha value is -6.05. The molecule has 5 aromatic carbocycles. The summed E-state index contributed by atoms with van der Waals surface area (Å²) in [6.07, 6.45) is 2.48. The first-order valence-electron chi connectivity index (χ1n) is 24.3. The number of carbonyl (C=O) groups excluding carboxylic acids is 4. The Bertz CT molecular complexity index is 3090. The lowest BCUT2D eigenvalue weighted by Crippen LogP contribution is -2.43. The van der Waals surface area contributed by atoms with E-state index >= 15 is 0 Å². The van der Waals surface area contributed by atoms with E-state index in [4.69, 9.17) is 14.2 Å². The summed E-state index contributed by atoms with van der Waals surface area (Å²) in [5.41, 5.74) is 9.36. The first-order chi connectivity index (χ1) is 35.0.